The minimum absolute atomic E-state index is 0.0435. The van der Waals surface area contributed by atoms with Gasteiger partial charge >= 0.3 is 0 Å². The summed E-state index contributed by atoms with van der Waals surface area (Å²) in [6.07, 6.45) is 3.31. The highest BCUT2D eigenvalue weighted by atomic mass is 32.1. The van der Waals surface area contributed by atoms with Crippen LogP contribution in [0.4, 0.5) is 0 Å². The molecule has 6 nitrogen and oxygen atoms in total. The topological polar surface area (TPSA) is 59.7 Å². The second-order valence-corrected chi connectivity index (χ2v) is 8.81. The fourth-order valence-electron chi connectivity index (χ4n) is 3.53. The first kappa shape index (κ1) is 17.5. The molecule has 4 rings (SSSR count). The van der Waals surface area contributed by atoms with Gasteiger partial charge in [-0.05, 0) is 68.8 Å². The molecule has 1 aliphatic rings. The number of likely N-dealkylation sites (tertiary alicyclic amines) is 1. The molecule has 0 unspecified atom stereocenters. The number of tetrazole rings is 1. The Bertz CT molecular complexity index is 842. The van der Waals surface area contributed by atoms with E-state index in [1.807, 2.05) is 16.0 Å². The Balaban J connectivity index is 1.41. The van der Waals surface area contributed by atoms with Crippen LogP contribution in [0, 0.1) is 0 Å². The predicted octanol–water partition coefficient (Wildman–Crippen LogP) is 3.81. The van der Waals surface area contributed by atoms with Gasteiger partial charge in [-0.15, -0.1) is 16.4 Å². The number of thiazole rings is 1. The third-order valence-electron chi connectivity index (χ3n) is 5.58. The molecule has 3 aromatic rings. The molecule has 1 fully saturated rings. The second-order valence-electron chi connectivity index (χ2n) is 7.74. The minimum Gasteiger partial charge on any atom is -0.296 e. The van der Waals surface area contributed by atoms with E-state index >= 15 is 0 Å². The molecule has 0 atom stereocenters. The Morgan fingerprint density at radius 1 is 1.19 bits per heavy atom. The number of aromatic nitrogens is 5. The van der Waals surface area contributed by atoms with Crippen molar-refractivity contribution in [1.29, 1.82) is 0 Å². The lowest BCUT2D eigenvalue weighted by Crippen LogP contribution is -2.36. The Kier molecular flexibility index (Phi) is 4.75. The van der Waals surface area contributed by atoms with E-state index in [4.69, 9.17) is 4.98 Å². The van der Waals surface area contributed by atoms with Crippen LogP contribution in [0.15, 0.2) is 24.3 Å². The molecule has 0 bridgehead atoms. The largest absolute Gasteiger partial charge is 0.296 e. The first-order valence-electron chi connectivity index (χ1n) is 9.42. The maximum absolute atomic E-state index is 4.86. The van der Waals surface area contributed by atoms with E-state index in [2.05, 4.69) is 65.5 Å². The quantitative estimate of drug-likeness (QED) is 0.683. The van der Waals surface area contributed by atoms with Crippen molar-refractivity contribution in [3.63, 3.8) is 0 Å². The summed E-state index contributed by atoms with van der Waals surface area (Å²) in [4.78, 5) is 7.33. The summed E-state index contributed by atoms with van der Waals surface area (Å²) in [6, 6.07) is 8.44. The van der Waals surface area contributed by atoms with E-state index in [9.17, 15) is 0 Å². The van der Waals surface area contributed by atoms with Gasteiger partial charge in [-0.25, -0.2) is 9.67 Å². The van der Waals surface area contributed by atoms with Gasteiger partial charge in [-0.2, -0.15) is 0 Å². The van der Waals surface area contributed by atoms with Crippen LogP contribution in [0.25, 0.3) is 10.2 Å². The lowest BCUT2D eigenvalue weighted by Gasteiger charge is -2.31. The standard InChI is InChI=1S/C19H26N6S/c1-4-19(2,3)25-17(21-22-23-25)13-24-11-9-14(10-12-24)18-20-15-7-5-6-8-16(15)26-18/h5-8,14H,4,9-13H2,1-3H3. The SMILES string of the molecule is CCC(C)(C)n1nnnc1CN1CCC(c2nc3ccccc3s2)CC1. The van der Waals surface area contributed by atoms with Crippen LogP contribution >= 0.6 is 11.3 Å². The van der Waals surface area contributed by atoms with E-state index < -0.39 is 0 Å². The maximum atomic E-state index is 4.86. The van der Waals surface area contributed by atoms with Crippen LogP contribution in [0.2, 0.25) is 0 Å². The first-order valence-corrected chi connectivity index (χ1v) is 10.2. The minimum atomic E-state index is -0.0435. The zero-order valence-electron chi connectivity index (χ0n) is 15.7. The summed E-state index contributed by atoms with van der Waals surface area (Å²) in [5.41, 5.74) is 1.09. The van der Waals surface area contributed by atoms with Gasteiger partial charge in [0, 0.05) is 5.92 Å². The van der Waals surface area contributed by atoms with Crippen molar-refractivity contribution in [2.75, 3.05) is 13.1 Å². The Morgan fingerprint density at radius 2 is 1.96 bits per heavy atom. The molecule has 1 saturated heterocycles. The number of hydrogen-bond donors (Lipinski definition) is 0. The summed E-state index contributed by atoms with van der Waals surface area (Å²) in [6.45, 7) is 9.51. The van der Waals surface area contributed by atoms with Crippen LogP contribution in [0.5, 0.6) is 0 Å². The van der Waals surface area contributed by atoms with E-state index in [1.54, 1.807) is 0 Å². The maximum Gasteiger partial charge on any atom is 0.165 e. The molecule has 2 aromatic heterocycles. The Morgan fingerprint density at radius 3 is 2.69 bits per heavy atom. The summed E-state index contributed by atoms with van der Waals surface area (Å²) in [7, 11) is 0. The first-order chi connectivity index (χ1) is 12.6. The van der Waals surface area contributed by atoms with E-state index in [-0.39, 0.29) is 5.54 Å². The smallest absolute Gasteiger partial charge is 0.165 e. The van der Waals surface area contributed by atoms with Gasteiger partial charge < -0.3 is 0 Å². The number of rotatable bonds is 5. The molecule has 0 spiro atoms. The van der Waals surface area contributed by atoms with Gasteiger partial charge in [0.15, 0.2) is 5.82 Å². The molecule has 138 valence electrons. The molecule has 0 amide bonds. The number of piperidine rings is 1. The highest BCUT2D eigenvalue weighted by molar-refractivity contribution is 7.18. The van der Waals surface area contributed by atoms with Gasteiger partial charge in [-0.3, -0.25) is 4.90 Å². The molecule has 26 heavy (non-hydrogen) atoms. The molecular weight excluding hydrogens is 344 g/mol. The summed E-state index contributed by atoms with van der Waals surface area (Å²) >= 11 is 1.85. The van der Waals surface area contributed by atoms with Crippen molar-refractivity contribution in [3.8, 4) is 0 Å². The highest BCUT2D eigenvalue weighted by Gasteiger charge is 2.27. The van der Waals surface area contributed by atoms with Crippen LogP contribution in [-0.2, 0) is 12.1 Å². The fourth-order valence-corrected chi connectivity index (χ4v) is 4.66. The molecule has 1 aromatic carbocycles. The molecule has 0 N–H and O–H groups in total. The number of para-hydroxylation sites is 1. The van der Waals surface area contributed by atoms with E-state index in [1.165, 1.54) is 9.71 Å². The number of fused-ring (bicyclic) bond motifs is 1. The van der Waals surface area contributed by atoms with E-state index in [0.29, 0.717) is 5.92 Å². The monoisotopic (exact) mass is 370 g/mol. The fraction of sp³-hybridized carbons (Fsp3) is 0.579. The van der Waals surface area contributed by atoms with Gasteiger partial charge in [0.05, 0.1) is 27.3 Å². The van der Waals surface area contributed by atoms with Crippen molar-refractivity contribution < 1.29 is 0 Å². The van der Waals surface area contributed by atoms with Crippen molar-refractivity contribution in [2.24, 2.45) is 0 Å². The third kappa shape index (κ3) is 3.38. The molecule has 1 aliphatic heterocycles. The Hall–Kier alpha value is -1.86. The third-order valence-corrected chi connectivity index (χ3v) is 6.78. The van der Waals surface area contributed by atoms with Gasteiger partial charge in [0.2, 0.25) is 0 Å². The Labute approximate surface area is 158 Å². The number of hydrogen-bond acceptors (Lipinski definition) is 6. The lowest BCUT2D eigenvalue weighted by molar-refractivity contribution is 0.187. The van der Waals surface area contributed by atoms with Crippen LogP contribution in [0.3, 0.4) is 0 Å². The van der Waals surface area contributed by atoms with Gasteiger partial charge in [-0.1, -0.05) is 19.1 Å². The molecule has 0 radical (unpaired) electrons. The normalized spacial score (nSPS) is 17.2. The zero-order chi connectivity index (χ0) is 18.1. The molecular formula is C19H26N6S. The van der Waals surface area contributed by atoms with Crippen molar-refractivity contribution in [3.05, 3.63) is 35.1 Å². The number of benzene rings is 1. The van der Waals surface area contributed by atoms with Crippen LogP contribution in [-0.4, -0.2) is 43.2 Å². The average Bonchev–Trinajstić information content (AvgIpc) is 3.29. The van der Waals surface area contributed by atoms with E-state index in [0.717, 1.165) is 50.2 Å². The zero-order valence-corrected chi connectivity index (χ0v) is 16.5. The van der Waals surface area contributed by atoms with Crippen LogP contribution in [0.1, 0.15) is 56.8 Å². The van der Waals surface area contributed by atoms with Crippen molar-refractivity contribution in [2.45, 2.75) is 58.0 Å². The molecule has 7 heteroatoms. The predicted molar refractivity (Wildman–Crippen MR) is 104 cm³/mol. The van der Waals surface area contributed by atoms with Crippen LogP contribution < -0.4 is 0 Å². The highest BCUT2D eigenvalue weighted by Crippen LogP contribution is 2.34. The van der Waals surface area contributed by atoms with Gasteiger partial charge in [0.1, 0.15) is 0 Å². The lowest BCUT2D eigenvalue weighted by atomic mass is 9.97. The second kappa shape index (κ2) is 7.04. The molecule has 3 heterocycles. The number of nitrogens with zero attached hydrogens (tertiary/aromatic N) is 6. The summed E-state index contributed by atoms with van der Waals surface area (Å²) in [5.74, 6) is 1.54. The summed E-state index contributed by atoms with van der Waals surface area (Å²) < 4.78 is 3.29. The van der Waals surface area contributed by atoms with Crippen molar-refractivity contribution in [1.82, 2.24) is 30.1 Å². The summed E-state index contributed by atoms with van der Waals surface area (Å²) in [5, 5.41) is 13.7. The molecule has 0 aliphatic carbocycles. The molecule has 0 saturated carbocycles. The van der Waals surface area contributed by atoms with Gasteiger partial charge in [0.25, 0.3) is 0 Å². The average molecular weight is 371 g/mol. The van der Waals surface area contributed by atoms with Crippen molar-refractivity contribution >= 4 is 21.6 Å².